The summed E-state index contributed by atoms with van der Waals surface area (Å²) in [5, 5.41) is -0.0708. The van der Waals surface area contributed by atoms with E-state index in [1.807, 2.05) is 0 Å². The number of carbonyl (C=O) groups is 1. The lowest BCUT2D eigenvalue weighted by molar-refractivity contribution is -0.146. The fourth-order valence-corrected chi connectivity index (χ4v) is 3.62. The van der Waals surface area contributed by atoms with Gasteiger partial charge in [-0.3, -0.25) is 9.52 Å². The van der Waals surface area contributed by atoms with Crippen molar-refractivity contribution < 1.29 is 17.9 Å². The number of ether oxygens (including phenoxy) is 1. The molecule has 2 rings (SSSR count). The molecule has 0 saturated carbocycles. The number of carbonyl (C=O) groups excluding carboxylic acids is 1. The van der Waals surface area contributed by atoms with E-state index in [1.54, 1.807) is 6.92 Å². The number of esters is 1. The van der Waals surface area contributed by atoms with E-state index in [4.69, 9.17) is 16.3 Å². The summed E-state index contributed by atoms with van der Waals surface area (Å²) in [7, 11) is -3.91. The molecule has 1 aliphatic rings. The second-order valence-corrected chi connectivity index (χ2v) is 6.30. The molecule has 8 nitrogen and oxygen atoms in total. The van der Waals surface area contributed by atoms with Gasteiger partial charge in [0.15, 0.2) is 0 Å². The molecule has 21 heavy (non-hydrogen) atoms. The summed E-state index contributed by atoms with van der Waals surface area (Å²) in [6, 6.07) is 0.568. The quantitative estimate of drug-likeness (QED) is 0.631. The number of nitrogens with zero attached hydrogens (tertiary/aromatic N) is 3. The maximum Gasteiger partial charge on any atom is 0.324 e. The molecule has 1 aromatic rings. The molecule has 0 aliphatic carbocycles. The van der Waals surface area contributed by atoms with E-state index in [9.17, 15) is 13.2 Å². The summed E-state index contributed by atoms with van der Waals surface area (Å²) in [6.45, 7) is 2.13. The molecular weight excluding hydrogens is 320 g/mol. The summed E-state index contributed by atoms with van der Waals surface area (Å²) in [4.78, 5) is 19.2. The monoisotopic (exact) mass is 334 g/mol. The van der Waals surface area contributed by atoms with Gasteiger partial charge in [-0.2, -0.15) is 17.7 Å². The first-order chi connectivity index (χ1) is 9.94. The Labute approximate surface area is 127 Å². The molecule has 10 heteroatoms. The van der Waals surface area contributed by atoms with Gasteiger partial charge in [0.25, 0.3) is 0 Å². The van der Waals surface area contributed by atoms with Crippen LogP contribution in [0.25, 0.3) is 0 Å². The topological polar surface area (TPSA) is 101 Å². The smallest absolute Gasteiger partial charge is 0.324 e. The molecule has 1 N–H and O–H groups in total. The number of nitrogens with one attached hydrogen (secondary N) is 1. The van der Waals surface area contributed by atoms with Crippen LogP contribution in [0.1, 0.15) is 19.8 Å². The summed E-state index contributed by atoms with van der Waals surface area (Å²) in [5.41, 5.74) is 0. The summed E-state index contributed by atoms with van der Waals surface area (Å²) in [5.74, 6) is -0.495. The zero-order valence-electron chi connectivity index (χ0n) is 11.3. The average Bonchev–Trinajstić information content (AvgIpc) is 2.88. The molecule has 0 radical (unpaired) electrons. The third kappa shape index (κ3) is 3.80. The molecular formula is C11H15ClN4O4S. The zero-order valence-corrected chi connectivity index (χ0v) is 12.9. The van der Waals surface area contributed by atoms with Crippen molar-refractivity contribution in [3.05, 3.63) is 17.5 Å². The fourth-order valence-electron chi connectivity index (χ4n) is 2.08. The highest BCUT2D eigenvalue weighted by Crippen LogP contribution is 2.23. The normalized spacial score (nSPS) is 19.4. The van der Waals surface area contributed by atoms with Gasteiger partial charge in [-0.1, -0.05) is 0 Å². The minimum atomic E-state index is -3.91. The van der Waals surface area contributed by atoms with Crippen molar-refractivity contribution in [2.75, 3.05) is 17.9 Å². The van der Waals surface area contributed by atoms with E-state index in [0.717, 1.165) is 4.31 Å². The van der Waals surface area contributed by atoms with Crippen LogP contribution < -0.4 is 4.72 Å². The lowest BCUT2D eigenvalue weighted by Gasteiger charge is -2.22. The van der Waals surface area contributed by atoms with Crippen LogP contribution in [0.3, 0.4) is 0 Å². The van der Waals surface area contributed by atoms with E-state index in [1.165, 1.54) is 12.3 Å². The van der Waals surface area contributed by atoms with E-state index in [-0.39, 0.29) is 24.3 Å². The first kappa shape index (κ1) is 15.9. The molecule has 1 fully saturated rings. The Hall–Kier alpha value is -1.45. The Balaban J connectivity index is 2.16. The van der Waals surface area contributed by atoms with Gasteiger partial charge in [-0.05, 0) is 37.4 Å². The van der Waals surface area contributed by atoms with Crippen LogP contribution in [-0.4, -0.2) is 47.9 Å². The van der Waals surface area contributed by atoms with Gasteiger partial charge >= 0.3 is 16.2 Å². The third-order valence-corrected chi connectivity index (χ3v) is 4.63. The van der Waals surface area contributed by atoms with Crippen molar-refractivity contribution >= 4 is 33.6 Å². The van der Waals surface area contributed by atoms with E-state index in [0.29, 0.717) is 12.8 Å². The lowest BCUT2D eigenvalue weighted by Crippen LogP contribution is -2.44. The van der Waals surface area contributed by atoms with Gasteiger partial charge in [0.05, 0.1) is 6.61 Å². The van der Waals surface area contributed by atoms with Crippen LogP contribution in [-0.2, 0) is 19.7 Å². The number of rotatable bonds is 5. The number of halogens is 1. The number of aromatic nitrogens is 2. The summed E-state index contributed by atoms with van der Waals surface area (Å²) in [6.07, 6.45) is 2.36. The van der Waals surface area contributed by atoms with Gasteiger partial charge in [0.2, 0.25) is 5.28 Å². The third-order valence-electron chi connectivity index (χ3n) is 2.93. The van der Waals surface area contributed by atoms with Crippen LogP contribution in [0.5, 0.6) is 0 Å². The van der Waals surface area contributed by atoms with Gasteiger partial charge in [0, 0.05) is 12.7 Å². The standard InChI is InChI=1S/C11H15ClN4O4S/c1-2-20-10(17)8-4-3-7-16(8)21(18,19)15-9-5-6-13-11(12)14-9/h5-6,8H,2-4,7H2,1H3,(H,13,14,15). The molecule has 1 unspecified atom stereocenters. The van der Waals surface area contributed by atoms with Crippen molar-refractivity contribution in [2.24, 2.45) is 0 Å². The molecule has 1 saturated heterocycles. The fraction of sp³-hybridized carbons (Fsp3) is 0.545. The SMILES string of the molecule is CCOC(=O)C1CCCN1S(=O)(=O)Nc1ccnc(Cl)n1. The van der Waals surface area contributed by atoms with Gasteiger partial charge in [-0.25, -0.2) is 4.98 Å². The van der Waals surface area contributed by atoms with E-state index >= 15 is 0 Å². The molecule has 1 aromatic heterocycles. The Bertz CT molecular complexity index is 624. The summed E-state index contributed by atoms with van der Waals surface area (Å²) >= 11 is 5.61. The van der Waals surface area contributed by atoms with E-state index < -0.39 is 22.2 Å². The number of hydrogen-bond acceptors (Lipinski definition) is 6. The average molecular weight is 335 g/mol. The number of anilines is 1. The Morgan fingerprint density at radius 2 is 2.38 bits per heavy atom. The maximum atomic E-state index is 12.3. The minimum Gasteiger partial charge on any atom is -0.465 e. The van der Waals surface area contributed by atoms with Crippen LogP contribution in [0, 0.1) is 0 Å². The predicted molar refractivity (Wildman–Crippen MR) is 75.9 cm³/mol. The first-order valence-corrected chi connectivity index (χ1v) is 8.20. The largest absolute Gasteiger partial charge is 0.465 e. The zero-order chi connectivity index (χ0) is 15.5. The highest BCUT2D eigenvalue weighted by atomic mass is 35.5. The molecule has 0 amide bonds. The highest BCUT2D eigenvalue weighted by Gasteiger charge is 2.39. The maximum absolute atomic E-state index is 12.3. The molecule has 1 aliphatic heterocycles. The molecule has 116 valence electrons. The second kappa shape index (κ2) is 6.54. The highest BCUT2D eigenvalue weighted by molar-refractivity contribution is 7.90. The second-order valence-electron chi connectivity index (χ2n) is 4.34. The Morgan fingerprint density at radius 3 is 3.05 bits per heavy atom. The van der Waals surface area contributed by atoms with Crippen LogP contribution in [0.15, 0.2) is 12.3 Å². The van der Waals surface area contributed by atoms with Crippen molar-refractivity contribution in [1.29, 1.82) is 0 Å². The van der Waals surface area contributed by atoms with Gasteiger partial charge in [-0.15, -0.1) is 0 Å². The van der Waals surface area contributed by atoms with Crippen LogP contribution in [0.2, 0.25) is 5.28 Å². The van der Waals surface area contributed by atoms with Crippen molar-refractivity contribution in [3.8, 4) is 0 Å². The Kier molecular flexibility index (Phi) is 4.96. The lowest BCUT2D eigenvalue weighted by atomic mass is 10.2. The van der Waals surface area contributed by atoms with Gasteiger partial charge in [0.1, 0.15) is 11.9 Å². The van der Waals surface area contributed by atoms with E-state index in [2.05, 4.69) is 14.7 Å². The minimum absolute atomic E-state index is 0.0458. The predicted octanol–water partition coefficient (Wildman–Crippen LogP) is 0.814. The van der Waals surface area contributed by atoms with Crippen molar-refractivity contribution in [1.82, 2.24) is 14.3 Å². The van der Waals surface area contributed by atoms with Crippen LogP contribution >= 0.6 is 11.6 Å². The van der Waals surface area contributed by atoms with Gasteiger partial charge < -0.3 is 4.74 Å². The molecule has 0 spiro atoms. The van der Waals surface area contributed by atoms with Crippen molar-refractivity contribution in [3.63, 3.8) is 0 Å². The molecule has 0 aromatic carbocycles. The molecule has 2 heterocycles. The Morgan fingerprint density at radius 1 is 1.62 bits per heavy atom. The van der Waals surface area contributed by atoms with Crippen molar-refractivity contribution in [2.45, 2.75) is 25.8 Å². The first-order valence-electron chi connectivity index (χ1n) is 6.39. The summed E-state index contributed by atoms with van der Waals surface area (Å²) < 4.78 is 32.9. The molecule has 0 bridgehead atoms. The van der Waals surface area contributed by atoms with Crippen LogP contribution in [0.4, 0.5) is 5.82 Å². The molecule has 1 atom stereocenters. The number of hydrogen-bond donors (Lipinski definition) is 1.